The average Bonchev–Trinajstić information content (AvgIpc) is 3.41. The summed E-state index contributed by atoms with van der Waals surface area (Å²) >= 11 is 0. The number of hydrogen-bond acceptors (Lipinski definition) is 6. The van der Waals surface area contributed by atoms with E-state index in [2.05, 4.69) is 16.0 Å². The molecule has 3 atom stereocenters. The molecule has 0 aromatic heterocycles. The Morgan fingerprint density at radius 2 is 1.82 bits per heavy atom. The Morgan fingerprint density at radius 1 is 1.07 bits per heavy atom. The maximum atomic E-state index is 13.5. The molecule has 4 rings (SSSR count). The van der Waals surface area contributed by atoms with Crippen LogP contribution in [0.4, 0.5) is 5.69 Å². The number of hydrogen-bond donors (Lipinski definition) is 4. The predicted octanol–water partition coefficient (Wildman–Crippen LogP) is 2.95. The molecule has 9 heteroatoms. The smallest absolute Gasteiger partial charge is 0.251 e. The zero-order valence-corrected chi connectivity index (χ0v) is 23.5. The molecule has 1 aliphatic heterocycles. The summed E-state index contributed by atoms with van der Waals surface area (Å²) in [6.45, 7) is 2.51. The normalized spacial score (nSPS) is 18.2. The summed E-state index contributed by atoms with van der Waals surface area (Å²) < 4.78 is 5.42. The second-order valence-corrected chi connectivity index (χ2v) is 10.9. The van der Waals surface area contributed by atoms with Gasteiger partial charge >= 0.3 is 0 Å². The fourth-order valence-corrected chi connectivity index (χ4v) is 5.42. The van der Waals surface area contributed by atoms with Gasteiger partial charge in [0.25, 0.3) is 5.91 Å². The van der Waals surface area contributed by atoms with Crippen LogP contribution in [0.1, 0.15) is 67.8 Å². The third-order valence-corrected chi connectivity index (χ3v) is 7.83. The van der Waals surface area contributed by atoms with Gasteiger partial charge in [0.15, 0.2) is 0 Å². The first-order valence-corrected chi connectivity index (χ1v) is 14.4. The van der Waals surface area contributed by atoms with E-state index in [-0.39, 0.29) is 30.3 Å². The lowest BCUT2D eigenvalue weighted by atomic mass is 9.95. The van der Waals surface area contributed by atoms with Crippen molar-refractivity contribution in [2.45, 2.75) is 82.5 Å². The number of methoxy groups -OCH3 is 1. The highest BCUT2D eigenvalue weighted by Gasteiger charge is 2.27. The molecule has 0 spiro atoms. The van der Waals surface area contributed by atoms with E-state index in [0.717, 1.165) is 37.7 Å². The van der Waals surface area contributed by atoms with E-state index in [1.165, 1.54) is 13.5 Å². The van der Waals surface area contributed by atoms with E-state index in [4.69, 9.17) is 4.74 Å². The van der Waals surface area contributed by atoms with E-state index in [0.29, 0.717) is 36.4 Å². The highest BCUT2D eigenvalue weighted by atomic mass is 16.5. The minimum Gasteiger partial charge on any atom is -0.497 e. The van der Waals surface area contributed by atoms with Gasteiger partial charge in [0.2, 0.25) is 11.8 Å². The Labute approximate surface area is 236 Å². The van der Waals surface area contributed by atoms with Gasteiger partial charge < -0.3 is 30.7 Å². The first kappa shape index (κ1) is 29.6. The first-order chi connectivity index (χ1) is 19.3. The molecule has 216 valence electrons. The van der Waals surface area contributed by atoms with Gasteiger partial charge in [-0.1, -0.05) is 49.6 Å². The number of aliphatic hydroxyl groups is 1. The maximum absolute atomic E-state index is 13.5. The number of nitrogens with one attached hydrogen (secondary N) is 3. The topological polar surface area (TPSA) is 120 Å². The van der Waals surface area contributed by atoms with Crippen LogP contribution in [-0.2, 0) is 16.0 Å². The minimum atomic E-state index is -0.959. The van der Waals surface area contributed by atoms with E-state index < -0.39 is 18.2 Å². The van der Waals surface area contributed by atoms with E-state index in [1.54, 1.807) is 30.0 Å². The van der Waals surface area contributed by atoms with Crippen LogP contribution in [0.15, 0.2) is 48.5 Å². The van der Waals surface area contributed by atoms with Crippen molar-refractivity contribution in [1.29, 1.82) is 0 Å². The zero-order chi connectivity index (χ0) is 28.5. The van der Waals surface area contributed by atoms with Gasteiger partial charge in [0.05, 0.1) is 25.3 Å². The molecular formula is C31H42N4O5. The van der Waals surface area contributed by atoms with Crippen LogP contribution in [-0.4, -0.2) is 67.3 Å². The van der Waals surface area contributed by atoms with Crippen LogP contribution < -0.4 is 25.6 Å². The SMILES string of the molecule is COc1cc(C(=O)N[C@@H](Cc2ccccc2)[C@H](O)CN[C@@H](C)C(=O)NC2CCCCC2)cc(N2CCCC2=O)c1. The molecule has 2 aromatic rings. The van der Waals surface area contributed by atoms with Crippen LogP contribution in [0.3, 0.4) is 0 Å². The van der Waals surface area contributed by atoms with Crippen molar-refractivity contribution >= 4 is 23.4 Å². The fourth-order valence-electron chi connectivity index (χ4n) is 5.42. The van der Waals surface area contributed by atoms with Crippen molar-refractivity contribution in [2.24, 2.45) is 0 Å². The molecule has 3 amide bonds. The molecule has 2 fully saturated rings. The lowest BCUT2D eigenvalue weighted by Crippen LogP contribution is -2.53. The third kappa shape index (κ3) is 8.05. The highest BCUT2D eigenvalue weighted by Crippen LogP contribution is 2.28. The van der Waals surface area contributed by atoms with Crippen molar-refractivity contribution in [3.05, 3.63) is 59.7 Å². The van der Waals surface area contributed by atoms with Crippen molar-refractivity contribution in [3.63, 3.8) is 0 Å². The van der Waals surface area contributed by atoms with Crippen molar-refractivity contribution in [1.82, 2.24) is 16.0 Å². The third-order valence-electron chi connectivity index (χ3n) is 7.83. The molecule has 0 radical (unpaired) electrons. The second-order valence-electron chi connectivity index (χ2n) is 10.9. The lowest BCUT2D eigenvalue weighted by Gasteiger charge is -2.27. The largest absolute Gasteiger partial charge is 0.497 e. The van der Waals surface area contributed by atoms with Gasteiger partial charge in [-0.05, 0) is 50.3 Å². The number of amides is 3. The van der Waals surface area contributed by atoms with Crippen LogP contribution in [0.2, 0.25) is 0 Å². The van der Waals surface area contributed by atoms with Gasteiger partial charge in [-0.25, -0.2) is 0 Å². The molecule has 0 bridgehead atoms. The first-order valence-electron chi connectivity index (χ1n) is 14.4. The second kappa shape index (κ2) is 14.3. The zero-order valence-electron chi connectivity index (χ0n) is 23.5. The van der Waals surface area contributed by atoms with Crippen molar-refractivity contribution < 1.29 is 24.2 Å². The van der Waals surface area contributed by atoms with Crippen molar-refractivity contribution in [2.75, 3.05) is 25.1 Å². The van der Waals surface area contributed by atoms with Crippen molar-refractivity contribution in [3.8, 4) is 5.75 Å². The highest BCUT2D eigenvalue weighted by molar-refractivity contribution is 5.99. The van der Waals surface area contributed by atoms with Gasteiger partial charge in [-0.2, -0.15) is 0 Å². The van der Waals surface area contributed by atoms with Gasteiger partial charge in [-0.3, -0.25) is 14.4 Å². The fraction of sp³-hybridized carbons (Fsp3) is 0.516. The minimum absolute atomic E-state index is 0.0182. The van der Waals surface area contributed by atoms with E-state index in [9.17, 15) is 19.5 Å². The lowest BCUT2D eigenvalue weighted by molar-refractivity contribution is -0.123. The molecule has 4 N–H and O–H groups in total. The number of rotatable bonds is 12. The van der Waals surface area contributed by atoms with E-state index >= 15 is 0 Å². The molecule has 2 aliphatic rings. The number of carbonyl (C=O) groups is 3. The predicted molar refractivity (Wildman–Crippen MR) is 154 cm³/mol. The van der Waals surface area contributed by atoms with Gasteiger partial charge in [0, 0.05) is 42.9 Å². The molecule has 2 aromatic carbocycles. The Bertz CT molecular complexity index is 1150. The Balaban J connectivity index is 1.44. The number of benzene rings is 2. The standard InChI is InChI=1S/C31H42N4O5/c1-21(30(38)33-24-12-7-4-8-13-24)32-20-28(36)27(16-22-10-5-3-6-11-22)34-31(39)23-17-25(19-26(18-23)40-2)35-15-9-14-29(35)37/h3,5-6,10-11,17-19,21,24,27-28,32,36H,4,7-9,12-16,20H2,1-2H3,(H,33,38)(H,34,39)/t21-,27-,28+/m0/s1. The Morgan fingerprint density at radius 3 is 2.50 bits per heavy atom. The summed E-state index contributed by atoms with van der Waals surface area (Å²) in [5.41, 5.74) is 1.92. The van der Waals surface area contributed by atoms with Crippen LogP contribution >= 0.6 is 0 Å². The number of nitrogens with zero attached hydrogens (tertiary/aromatic N) is 1. The molecule has 1 aliphatic carbocycles. The summed E-state index contributed by atoms with van der Waals surface area (Å²) in [5, 5.41) is 20.4. The van der Waals surface area contributed by atoms with Gasteiger partial charge in [-0.15, -0.1) is 0 Å². The average molecular weight is 551 g/mol. The summed E-state index contributed by atoms with van der Waals surface area (Å²) in [6, 6.07) is 13.8. The quantitative estimate of drug-likeness (QED) is 0.323. The number of aliphatic hydroxyl groups excluding tert-OH is 1. The summed E-state index contributed by atoms with van der Waals surface area (Å²) in [4.78, 5) is 40.2. The summed E-state index contributed by atoms with van der Waals surface area (Å²) in [5.74, 6) is 0.0321. The van der Waals surface area contributed by atoms with Crippen LogP contribution in [0.25, 0.3) is 0 Å². The summed E-state index contributed by atoms with van der Waals surface area (Å²) in [7, 11) is 1.52. The summed E-state index contributed by atoms with van der Waals surface area (Å²) in [6.07, 6.45) is 6.19. The molecule has 0 unspecified atom stereocenters. The van der Waals surface area contributed by atoms with Crippen LogP contribution in [0.5, 0.6) is 5.75 Å². The van der Waals surface area contributed by atoms with Crippen LogP contribution in [0, 0.1) is 0 Å². The molecule has 1 saturated heterocycles. The van der Waals surface area contributed by atoms with E-state index in [1.807, 2.05) is 30.3 Å². The molecule has 1 heterocycles. The Hall–Kier alpha value is -3.43. The molecular weight excluding hydrogens is 508 g/mol. The maximum Gasteiger partial charge on any atom is 0.251 e. The number of ether oxygens (including phenoxy) is 1. The van der Waals surface area contributed by atoms with Gasteiger partial charge in [0.1, 0.15) is 5.75 Å². The molecule has 1 saturated carbocycles. The Kier molecular flexibility index (Phi) is 10.5. The number of anilines is 1. The number of carbonyl (C=O) groups excluding carboxylic acids is 3. The molecule has 9 nitrogen and oxygen atoms in total. The molecule has 40 heavy (non-hydrogen) atoms. The monoisotopic (exact) mass is 550 g/mol.